The van der Waals surface area contributed by atoms with Crippen molar-refractivity contribution in [1.29, 1.82) is 0 Å². The summed E-state index contributed by atoms with van der Waals surface area (Å²) in [6.07, 6.45) is 0.317. The molecule has 3 rings (SSSR count). The fourth-order valence-electron chi connectivity index (χ4n) is 2.65. The van der Waals surface area contributed by atoms with Crippen LogP contribution in [0.3, 0.4) is 0 Å². The largest absolute Gasteiger partial charge is 0.493 e. The van der Waals surface area contributed by atoms with E-state index in [0.29, 0.717) is 24.7 Å². The molecule has 1 amide bonds. The number of nitrogen functional groups attached to an aromatic ring is 1. The molecule has 8 heteroatoms. The number of hydrogen-bond donors (Lipinski definition) is 2. The van der Waals surface area contributed by atoms with Crippen LogP contribution in [0.25, 0.3) is 10.6 Å². The fourth-order valence-corrected chi connectivity index (χ4v) is 4.16. The van der Waals surface area contributed by atoms with Crippen molar-refractivity contribution in [2.24, 2.45) is 0 Å². The molecule has 0 aliphatic rings. The van der Waals surface area contributed by atoms with Gasteiger partial charge in [-0.25, -0.2) is 4.98 Å². The molecular weight excluding hydrogens is 392 g/mol. The Morgan fingerprint density at radius 2 is 2.07 bits per heavy atom. The number of benzene rings is 1. The van der Waals surface area contributed by atoms with E-state index in [1.54, 1.807) is 11.3 Å². The zero-order valence-electron chi connectivity index (χ0n) is 16.0. The maximum Gasteiger partial charge on any atom is 0.223 e. The molecule has 0 fully saturated rings. The number of carbonyl (C=O) groups excluding carboxylic acids is 1. The van der Waals surface area contributed by atoms with Crippen LogP contribution in [0.15, 0.2) is 41.1 Å². The van der Waals surface area contributed by atoms with Crippen molar-refractivity contribution in [3.63, 3.8) is 0 Å². The Bertz CT molecular complexity index is 920. The van der Waals surface area contributed by atoms with Gasteiger partial charge in [0.25, 0.3) is 0 Å². The molecule has 0 atom stereocenters. The van der Waals surface area contributed by atoms with E-state index in [1.807, 2.05) is 49.1 Å². The van der Waals surface area contributed by atoms with E-state index in [2.05, 4.69) is 21.3 Å². The van der Waals surface area contributed by atoms with Crippen molar-refractivity contribution in [2.45, 2.75) is 19.5 Å². The monoisotopic (exact) mass is 416 g/mol. The van der Waals surface area contributed by atoms with Crippen LogP contribution in [0, 0.1) is 0 Å². The third kappa shape index (κ3) is 6.05. The smallest absolute Gasteiger partial charge is 0.223 e. The van der Waals surface area contributed by atoms with Gasteiger partial charge in [0.2, 0.25) is 5.91 Å². The maximum atomic E-state index is 12.1. The molecule has 3 N–H and O–H groups in total. The zero-order chi connectivity index (χ0) is 19.9. The molecule has 0 aliphatic heterocycles. The first-order chi connectivity index (χ1) is 13.5. The molecule has 2 aromatic heterocycles. The second-order valence-electron chi connectivity index (χ2n) is 6.65. The molecule has 0 saturated carbocycles. The molecule has 0 spiro atoms. The highest BCUT2D eigenvalue weighted by Crippen LogP contribution is 2.29. The van der Waals surface area contributed by atoms with Crippen LogP contribution in [-0.2, 0) is 17.9 Å². The van der Waals surface area contributed by atoms with Gasteiger partial charge in [0.15, 0.2) is 5.13 Å². The first-order valence-electron chi connectivity index (χ1n) is 8.91. The van der Waals surface area contributed by atoms with Gasteiger partial charge in [-0.05, 0) is 48.8 Å². The summed E-state index contributed by atoms with van der Waals surface area (Å²) in [7, 11) is 4.06. The summed E-state index contributed by atoms with van der Waals surface area (Å²) in [5.41, 5.74) is 8.80. The van der Waals surface area contributed by atoms with E-state index in [1.165, 1.54) is 16.9 Å². The quantitative estimate of drug-likeness (QED) is 0.557. The van der Waals surface area contributed by atoms with E-state index in [4.69, 9.17) is 10.5 Å². The topological polar surface area (TPSA) is 80.5 Å². The minimum Gasteiger partial charge on any atom is -0.493 e. The van der Waals surface area contributed by atoms with Gasteiger partial charge in [0.05, 0.1) is 23.6 Å². The van der Waals surface area contributed by atoms with Crippen LogP contribution in [0.1, 0.15) is 17.5 Å². The van der Waals surface area contributed by atoms with Gasteiger partial charge in [-0.2, -0.15) is 0 Å². The molecule has 3 aromatic rings. The third-order valence-electron chi connectivity index (χ3n) is 3.91. The minimum absolute atomic E-state index is 0.0323. The van der Waals surface area contributed by atoms with E-state index in [0.717, 1.165) is 28.4 Å². The Hall–Kier alpha value is -2.42. The predicted molar refractivity (Wildman–Crippen MR) is 116 cm³/mol. The summed E-state index contributed by atoms with van der Waals surface area (Å²) in [5, 5.41) is 7.46. The standard InChI is InChI=1S/C20H24N4O2S2/c1-24(2)11-14-4-3-5-16(8-14)26-7-6-19(25)22-10-15-9-18(27-12-15)17-13-28-20(21)23-17/h3-5,8-9,12-13H,6-7,10-11H2,1-2H3,(H2,21,23)(H,22,25). The second-order valence-corrected chi connectivity index (χ2v) is 8.45. The molecule has 148 valence electrons. The van der Waals surface area contributed by atoms with Crippen molar-refractivity contribution in [3.05, 3.63) is 52.2 Å². The fraction of sp³-hybridized carbons (Fsp3) is 0.300. The van der Waals surface area contributed by atoms with Crippen molar-refractivity contribution >= 4 is 33.7 Å². The van der Waals surface area contributed by atoms with E-state index >= 15 is 0 Å². The number of nitrogens with zero attached hydrogens (tertiary/aromatic N) is 2. The molecule has 0 unspecified atom stereocenters. The maximum absolute atomic E-state index is 12.1. The highest BCUT2D eigenvalue weighted by Gasteiger charge is 2.08. The number of thiazole rings is 1. The van der Waals surface area contributed by atoms with Gasteiger partial charge in [-0.15, -0.1) is 22.7 Å². The molecule has 0 radical (unpaired) electrons. The number of nitrogens with one attached hydrogen (secondary N) is 1. The predicted octanol–water partition coefficient (Wildman–Crippen LogP) is 3.60. The van der Waals surface area contributed by atoms with Crippen LogP contribution in [0.5, 0.6) is 5.75 Å². The Labute approximate surface area is 173 Å². The van der Waals surface area contributed by atoms with Gasteiger partial charge in [-0.3, -0.25) is 4.79 Å². The van der Waals surface area contributed by atoms with Gasteiger partial charge in [0, 0.05) is 18.5 Å². The van der Waals surface area contributed by atoms with Crippen molar-refractivity contribution in [2.75, 3.05) is 26.4 Å². The number of amides is 1. The number of thiophene rings is 1. The van der Waals surface area contributed by atoms with Crippen LogP contribution in [0.2, 0.25) is 0 Å². The summed E-state index contributed by atoms with van der Waals surface area (Å²) in [6.45, 7) is 1.70. The van der Waals surface area contributed by atoms with E-state index in [-0.39, 0.29) is 5.91 Å². The van der Waals surface area contributed by atoms with Gasteiger partial charge in [-0.1, -0.05) is 12.1 Å². The number of nitrogens with two attached hydrogens (primary N) is 1. The summed E-state index contributed by atoms with van der Waals surface area (Å²) in [4.78, 5) is 19.5. The molecular formula is C20H24N4O2S2. The average molecular weight is 417 g/mol. The Morgan fingerprint density at radius 3 is 2.82 bits per heavy atom. The van der Waals surface area contributed by atoms with Crippen LogP contribution >= 0.6 is 22.7 Å². The molecule has 2 heterocycles. The van der Waals surface area contributed by atoms with Crippen LogP contribution in [-0.4, -0.2) is 36.5 Å². The summed E-state index contributed by atoms with van der Waals surface area (Å²) in [6, 6.07) is 9.99. The van der Waals surface area contributed by atoms with Crippen molar-refractivity contribution in [3.8, 4) is 16.3 Å². The number of carbonyl (C=O) groups is 1. The lowest BCUT2D eigenvalue weighted by Crippen LogP contribution is -2.24. The highest BCUT2D eigenvalue weighted by atomic mass is 32.1. The summed E-state index contributed by atoms with van der Waals surface area (Å²) < 4.78 is 5.72. The minimum atomic E-state index is -0.0323. The van der Waals surface area contributed by atoms with Gasteiger partial charge in [0.1, 0.15) is 5.75 Å². The van der Waals surface area contributed by atoms with E-state index < -0.39 is 0 Å². The molecule has 0 bridgehead atoms. The molecule has 6 nitrogen and oxygen atoms in total. The molecule has 0 saturated heterocycles. The van der Waals surface area contributed by atoms with Crippen molar-refractivity contribution in [1.82, 2.24) is 15.2 Å². The number of ether oxygens (including phenoxy) is 1. The Morgan fingerprint density at radius 1 is 1.21 bits per heavy atom. The lowest BCUT2D eigenvalue weighted by Gasteiger charge is -2.11. The highest BCUT2D eigenvalue weighted by molar-refractivity contribution is 7.15. The molecule has 1 aromatic carbocycles. The second kappa shape index (κ2) is 9.68. The lowest BCUT2D eigenvalue weighted by atomic mass is 10.2. The number of anilines is 1. The Balaban J connectivity index is 1.41. The van der Waals surface area contributed by atoms with Gasteiger partial charge < -0.3 is 20.7 Å². The average Bonchev–Trinajstić information content (AvgIpc) is 3.28. The third-order valence-corrected chi connectivity index (χ3v) is 5.59. The number of hydrogen-bond acceptors (Lipinski definition) is 7. The number of aromatic nitrogens is 1. The Kier molecular flexibility index (Phi) is 7.02. The summed E-state index contributed by atoms with van der Waals surface area (Å²) in [5.74, 6) is 0.757. The van der Waals surface area contributed by atoms with Crippen LogP contribution in [0.4, 0.5) is 5.13 Å². The van der Waals surface area contributed by atoms with E-state index in [9.17, 15) is 4.79 Å². The lowest BCUT2D eigenvalue weighted by molar-refractivity contribution is -0.121. The summed E-state index contributed by atoms with van der Waals surface area (Å²) >= 11 is 3.02. The zero-order valence-corrected chi connectivity index (χ0v) is 17.6. The molecule has 28 heavy (non-hydrogen) atoms. The SMILES string of the molecule is CN(C)Cc1cccc(OCCC(=O)NCc2csc(-c3csc(N)n3)c2)c1. The van der Waals surface area contributed by atoms with Gasteiger partial charge >= 0.3 is 0 Å². The van der Waals surface area contributed by atoms with Crippen molar-refractivity contribution < 1.29 is 9.53 Å². The normalized spacial score (nSPS) is 11.0. The number of rotatable bonds is 9. The van der Waals surface area contributed by atoms with Crippen LogP contribution < -0.4 is 15.8 Å². The molecule has 0 aliphatic carbocycles. The first kappa shape index (κ1) is 20.3. The first-order valence-corrected chi connectivity index (χ1v) is 10.7.